The third-order valence-electron chi connectivity index (χ3n) is 4.84. The summed E-state index contributed by atoms with van der Waals surface area (Å²) in [6, 6.07) is 11.7. The van der Waals surface area contributed by atoms with E-state index in [0.29, 0.717) is 29.8 Å². The second-order valence-corrected chi connectivity index (χ2v) is 6.44. The molecule has 0 bridgehead atoms. The number of pyridine rings is 1. The second kappa shape index (κ2) is 7.75. The molecule has 1 aliphatic rings. The van der Waals surface area contributed by atoms with Crippen LogP contribution in [0.4, 0.5) is 0 Å². The van der Waals surface area contributed by atoms with Crippen LogP contribution in [0.25, 0.3) is 11.4 Å². The largest absolute Gasteiger partial charge is 0.493 e. The molecule has 1 aromatic carbocycles. The average Bonchev–Trinajstić information content (AvgIpc) is 3.37. The van der Waals surface area contributed by atoms with Gasteiger partial charge in [-0.05, 0) is 19.4 Å². The molecular weight excluding hydrogens is 344 g/mol. The lowest BCUT2D eigenvalue weighted by Crippen LogP contribution is -2.24. The first-order chi connectivity index (χ1) is 13.3. The van der Waals surface area contributed by atoms with Crippen LogP contribution >= 0.6 is 0 Å². The Morgan fingerprint density at radius 1 is 1.15 bits per heavy atom. The average molecular weight is 366 g/mol. The topological polar surface area (TPSA) is 73.5 Å². The van der Waals surface area contributed by atoms with Crippen molar-refractivity contribution in [2.24, 2.45) is 0 Å². The van der Waals surface area contributed by atoms with Gasteiger partial charge in [-0.1, -0.05) is 35.5 Å². The first-order valence-electron chi connectivity index (χ1n) is 8.99. The zero-order valence-corrected chi connectivity index (χ0v) is 15.5. The molecule has 0 radical (unpaired) electrons. The Hall–Kier alpha value is -2.93. The van der Waals surface area contributed by atoms with Gasteiger partial charge in [0, 0.05) is 24.4 Å². The summed E-state index contributed by atoms with van der Waals surface area (Å²) in [7, 11) is 3.26. The molecule has 0 saturated carbocycles. The van der Waals surface area contributed by atoms with Crippen molar-refractivity contribution >= 4 is 0 Å². The molecule has 0 amide bonds. The van der Waals surface area contributed by atoms with E-state index in [-0.39, 0.29) is 6.04 Å². The lowest BCUT2D eigenvalue weighted by molar-refractivity contribution is 0.196. The van der Waals surface area contributed by atoms with E-state index < -0.39 is 0 Å². The number of hydrogen-bond donors (Lipinski definition) is 0. The van der Waals surface area contributed by atoms with Crippen LogP contribution in [0.15, 0.2) is 47.1 Å². The van der Waals surface area contributed by atoms with Crippen molar-refractivity contribution in [2.45, 2.75) is 25.4 Å². The minimum atomic E-state index is 0.0765. The molecule has 3 heterocycles. The van der Waals surface area contributed by atoms with Crippen molar-refractivity contribution in [2.75, 3.05) is 20.8 Å². The molecular formula is C20H22N4O3. The third kappa shape index (κ3) is 3.50. The Balaban J connectivity index is 1.56. The number of benzene rings is 1. The molecule has 140 valence electrons. The van der Waals surface area contributed by atoms with Crippen LogP contribution in [-0.2, 0) is 6.54 Å². The molecule has 0 aliphatic carbocycles. The summed E-state index contributed by atoms with van der Waals surface area (Å²) in [4.78, 5) is 11.4. The lowest BCUT2D eigenvalue weighted by atomic mass is 10.2. The quantitative estimate of drug-likeness (QED) is 0.661. The summed E-state index contributed by atoms with van der Waals surface area (Å²) < 4.78 is 16.5. The first kappa shape index (κ1) is 17.5. The van der Waals surface area contributed by atoms with E-state index in [1.165, 1.54) is 0 Å². The van der Waals surface area contributed by atoms with Gasteiger partial charge in [-0.3, -0.25) is 9.88 Å². The van der Waals surface area contributed by atoms with E-state index in [2.05, 4.69) is 20.0 Å². The Kier molecular flexibility index (Phi) is 5.02. The zero-order valence-electron chi connectivity index (χ0n) is 15.5. The Morgan fingerprint density at radius 3 is 2.78 bits per heavy atom. The number of aromatic nitrogens is 3. The maximum Gasteiger partial charge on any atom is 0.244 e. The fourth-order valence-electron chi connectivity index (χ4n) is 3.53. The van der Waals surface area contributed by atoms with E-state index in [4.69, 9.17) is 14.0 Å². The Morgan fingerprint density at radius 2 is 2.00 bits per heavy atom. The molecule has 1 saturated heterocycles. The SMILES string of the molecule is COc1ccnc(CN2CCC[C@@H]2c2nc(-c3ccccc3)no2)c1OC. The number of nitrogens with zero attached hydrogens (tertiary/aromatic N) is 4. The monoisotopic (exact) mass is 366 g/mol. The highest BCUT2D eigenvalue weighted by Gasteiger charge is 2.32. The van der Waals surface area contributed by atoms with Gasteiger partial charge in [-0.15, -0.1) is 0 Å². The van der Waals surface area contributed by atoms with Gasteiger partial charge >= 0.3 is 0 Å². The Labute approximate surface area is 157 Å². The Bertz CT molecular complexity index is 897. The van der Waals surface area contributed by atoms with Crippen LogP contribution in [0.3, 0.4) is 0 Å². The van der Waals surface area contributed by atoms with Crippen LogP contribution < -0.4 is 9.47 Å². The molecule has 3 aromatic rings. The lowest BCUT2D eigenvalue weighted by Gasteiger charge is -2.22. The number of ether oxygens (including phenoxy) is 2. The predicted octanol–water partition coefficient (Wildman–Crippen LogP) is 3.49. The van der Waals surface area contributed by atoms with Gasteiger partial charge in [0.2, 0.25) is 11.7 Å². The van der Waals surface area contributed by atoms with Crippen LogP contribution in [0.5, 0.6) is 11.5 Å². The smallest absolute Gasteiger partial charge is 0.244 e. The molecule has 1 aliphatic heterocycles. The van der Waals surface area contributed by atoms with E-state index >= 15 is 0 Å². The van der Waals surface area contributed by atoms with Gasteiger partial charge in [-0.2, -0.15) is 4.98 Å². The molecule has 2 aromatic heterocycles. The van der Waals surface area contributed by atoms with Crippen LogP contribution in [-0.4, -0.2) is 40.8 Å². The first-order valence-corrected chi connectivity index (χ1v) is 8.99. The molecule has 0 N–H and O–H groups in total. The van der Waals surface area contributed by atoms with Crippen molar-refractivity contribution < 1.29 is 14.0 Å². The summed E-state index contributed by atoms with van der Waals surface area (Å²) in [5, 5.41) is 4.16. The van der Waals surface area contributed by atoms with E-state index in [1.54, 1.807) is 26.5 Å². The predicted molar refractivity (Wildman–Crippen MR) is 99.5 cm³/mol. The number of likely N-dealkylation sites (tertiary alicyclic amines) is 1. The summed E-state index contributed by atoms with van der Waals surface area (Å²) in [5.74, 6) is 2.62. The van der Waals surface area contributed by atoms with Crippen molar-refractivity contribution in [3.05, 3.63) is 54.2 Å². The van der Waals surface area contributed by atoms with Gasteiger partial charge in [0.05, 0.1) is 20.3 Å². The highest BCUT2D eigenvalue weighted by atomic mass is 16.5. The summed E-state index contributed by atoms with van der Waals surface area (Å²) in [6.45, 7) is 1.57. The van der Waals surface area contributed by atoms with Crippen molar-refractivity contribution in [3.63, 3.8) is 0 Å². The summed E-state index contributed by atoms with van der Waals surface area (Å²) >= 11 is 0. The molecule has 1 fully saturated rings. The maximum absolute atomic E-state index is 5.59. The van der Waals surface area contributed by atoms with Crippen molar-refractivity contribution in [1.82, 2.24) is 20.0 Å². The molecule has 4 rings (SSSR count). The fraction of sp³-hybridized carbons (Fsp3) is 0.350. The van der Waals surface area contributed by atoms with Gasteiger partial charge < -0.3 is 14.0 Å². The van der Waals surface area contributed by atoms with Crippen LogP contribution in [0.1, 0.15) is 30.5 Å². The van der Waals surface area contributed by atoms with Crippen molar-refractivity contribution in [3.8, 4) is 22.9 Å². The third-order valence-corrected chi connectivity index (χ3v) is 4.84. The van der Waals surface area contributed by atoms with Crippen LogP contribution in [0, 0.1) is 0 Å². The van der Waals surface area contributed by atoms with Gasteiger partial charge in [0.1, 0.15) is 5.69 Å². The standard InChI is InChI=1S/C20H22N4O3/c1-25-17-10-11-21-15(18(17)26-2)13-24-12-6-9-16(24)20-22-19(23-27-20)14-7-4-3-5-8-14/h3-5,7-8,10-11,16H,6,9,12-13H2,1-2H3/t16-/m1/s1. The van der Waals surface area contributed by atoms with Gasteiger partial charge in [0.15, 0.2) is 11.5 Å². The van der Waals surface area contributed by atoms with E-state index in [1.807, 2.05) is 30.3 Å². The highest BCUT2D eigenvalue weighted by Crippen LogP contribution is 2.36. The molecule has 1 atom stereocenters. The number of rotatable bonds is 6. The van der Waals surface area contributed by atoms with Gasteiger partial charge in [-0.25, -0.2) is 0 Å². The summed E-state index contributed by atoms with van der Waals surface area (Å²) in [5.41, 5.74) is 1.79. The summed E-state index contributed by atoms with van der Waals surface area (Å²) in [6.07, 6.45) is 3.78. The van der Waals surface area contributed by atoms with Crippen LogP contribution in [0.2, 0.25) is 0 Å². The highest BCUT2D eigenvalue weighted by molar-refractivity contribution is 5.53. The molecule has 0 spiro atoms. The second-order valence-electron chi connectivity index (χ2n) is 6.44. The van der Waals surface area contributed by atoms with Gasteiger partial charge in [0.25, 0.3) is 0 Å². The minimum absolute atomic E-state index is 0.0765. The number of hydrogen-bond acceptors (Lipinski definition) is 7. The number of methoxy groups -OCH3 is 2. The molecule has 7 nitrogen and oxygen atoms in total. The molecule has 7 heteroatoms. The fourth-order valence-corrected chi connectivity index (χ4v) is 3.53. The maximum atomic E-state index is 5.59. The molecule has 27 heavy (non-hydrogen) atoms. The molecule has 0 unspecified atom stereocenters. The minimum Gasteiger partial charge on any atom is -0.493 e. The van der Waals surface area contributed by atoms with Crippen molar-refractivity contribution in [1.29, 1.82) is 0 Å². The normalized spacial score (nSPS) is 17.2. The van der Waals surface area contributed by atoms with E-state index in [0.717, 1.165) is 30.6 Å². The zero-order chi connectivity index (χ0) is 18.6. The van der Waals surface area contributed by atoms with E-state index in [9.17, 15) is 0 Å².